The van der Waals surface area contributed by atoms with E-state index in [4.69, 9.17) is 10.5 Å². The van der Waals surface area contributed by atoms with Gasteiger partial charge in [0, 0.05) is 0 Å². The van der Waals surface area contributed by atoms with E-state index in [1.54, 1.807) is 12.1 Å². The molecule has 1 aliphatic rings. The fourth-order valence-electron chi connectivity index (χ4n) is 1.63. The normalized spacial score (nSPS) is 20.2. The predicted octanol–water partition coefficient (Wildman–Crippen LogP) is 1.53. The first kappa shape index (κ1) is 12.3. The molecule has 1 amide bonds. The molecule has 0 aliphatic carbocycles. The molecule has 0 saturated heterocycles. The Morgan fingerprint density at radius 3 is 3.12 bits per heavy atom. The monoisotopic (exact) mass is 299 g/mol. The van der Waals surface area contributed by atoms with Gasteiger partial charge in [0.15, 0.2) is 17.7 Å². The van der Waals surface area contributed by atoms with Gasteiger partial charge in [-0.1, -0.05) is 6.92 Å². The largest absolute Gasteiger partial charge is 0.477 e. The molecule has 3 N–H and O–H groups in total. The highest BCUT2D eigenvalue weighted by Crippen LogP contribution is 2.30. The van der Waals surface area contributed by atoms with Crippen molar-refractivity contribution < 1.29 is 9.53 Å². The summed E-state index contributed by atoms with van der Waals surface area (Å²) in [6.45, 7) is 2.53. The zero-order valence-electron chi connectivity index (χ0n) is 9.44. The quantitative estimate of drug-likeness (QED) is 0.830. The highest BCUT2D eigenvalue weighted by atomic mass is 79.9. The van der Waals surface area contributed by atoms with Gasteiger partial charge in [-0.15, -0.1) is 0 Å². The molecular formula is C11H14BrN3O2. The van der Waals surface area contributed by atoms with E-state index in [9.17, 15) is 4.79 Å². The van der Waals surface area contributed by atoms with Crippen molar-refractivity contribution in [1.82, 2.24) is 4.98 Å². The summed E-state index contributed by atoms with van der Waals surface area (Å²) in [4.78, 5) is 15.9. The summed E-state index contributed by atoms with van der Waals surface area (Å²) in [6, 6.07) is 3.56. The predicted molar refractivity (Wildman–Crippen MR) is 67.8 cm³/mol. The van der Waals surface area contributed by atoms with E-state index >= 15 is 0 Å². The van der Waals surface area contributed by atoms with Gasteiger partial charge in [0.1, 0.15) is 4.60 Å². The molecule has 0 spiro atoms. The Labute approximate surface area is 108 Å². The van der Waals surface area contributed by atoms with E-state index in [1.165, 1.54) is 0 Å². The van der Waals surface area contributed by atoms with Crippen LogP contribution in [0.2, 0.25) is 0 Å². The van der Waals surface area contributed by atoms with Crippen molar-refractivity contribution in [1.29, 1.82) is 0 Å². The van der Waals surface area contributed by atoms with E-state index in [2.05, 4.69) is 26.2 Å². The third kappa shape index (κ3) is 2.76. The molecule has 1 aliphatic heterocycles. The molecule has 0 saturated carbocycles. The number of rotatable bonds is 3. The number of hydrogen-bond acceptors (Lipinski definition) is 4. The average Bonchev–Trinajstić information content (AvgIpc) is 2.30. The maximum Gasteiger partial charge on any atom is 0.266 e. The van der Waals surface area contributed by atoms with Crippen LogP contribution >= 0.6 is 15.9 Å². The molecule has 0 radical (unpaired) electrons. The number of fused-ring (bicyclic) bond motifs is 1. The number of carbonyl (C=O) groups excluding carboxylic acids is 1. The Bertz CT molecular complexity index is 439. The molecule has 1 aromatic heterocycles. The molecule has 0 bridgehead atoms. The third-order valence-electron chi connectivity index (χ3n) is 2.65. The SMILES string of the molecule is CC(CN)CC1Oc2ccc(Br)nc2NC1=O. The number of nitrogens with zero attached hydrogens (tertiary/aromatic N) is 1. The van der Waals surface area contributed by atoms with Gasteiger partial charge < -0.3 is 15.8 Å². The third-order valence-corrected chi connectivity index (χ3v) is 3.09. The molecule has 2 heterocycles. The van der Waals surface area contributed by atoms with Crippen LogP contribution in [0.5, 0.6) is 5.75 Å². The van der Waals surface area contributed by atoms with Gasteiger partial charge in [0.2, 0.25) is 0 Å². The Hall–Kier alpha value is -1.14. The summed E-state index contributed by atoms with van der Waals surface area (Å²) in [5.74, 6) is 1.14. The second kappa shape index (κ2) is 5.01. The topological polar surface area (TPSA) is 77.2 Å². The van der Waals surface area contributed by atoms with Crippen LogP contribution in [-0.2, 0) is 4.79 Å². The van der Waals surface area contributed by atoms with Crippen LogP contribution in [0.3, 0.4) is 0 Å². The first-order valence-corrected chi connectivity index (χ1v) is 6.23. The van der Waals surface area contributed by atoms with Crippen molar-refractivity contribution in [3.8, 4) is 5.75 Å². The molecule has 2 rings (SSSR count). The zero-order valence-corrected chi connectivity index (χ0v) is 11.0. The Morgan fingerprint density at radius 1 is 1.65 bits per heavy atom. The van der Waals surface area contributed by atoms with E-state index < -0.39 is 6.10 Å². The fourth-order valence-corrected chi connectivity index (χ4v) is 1.94. The van der Waals surface area contributed by atoms with E-state index in [0.29, 0.717) is 29.1 Å². The summed E-state index contributed by atoms with van der Waals surface area (Å²) >= 11 is 3.24. The van der Waals surface area contributed by atoms with Gasteiger partial charge in [-0.05, 0) is 46.9 Å². The number of nitrogens with two attached hydrogens (primary N) is 1. The number of aromatic nitrogens is 1. The Balaban J connectivity index is 2.15. The number of anilines is 1. The number of amides is 1. The molecule has 92 valence electrons. The minimum Gasteiger partial charge on any atom is -0.477 e. The molecule has 6 heteroatoms. The lowest BCUT2D eigenvalue weighted by molar-refractivity contribution is -0.124. The van der Waals surface area contributed by atoms with Crippen molar-refractivity contribution in [2.24, 2.45) is 11.7 Å². The first-order valence-electron chi connectivity index (χ1n) is 5.44. The van der Waals surface area contributed by atoms with Crippen LogP contribution in [0.4, 0.5) is 5.82 Å². The Kier molecular flexibility index (Phi) is 3.63. The van der Waals surface area contributed by atoms with Crippen molar-refractivity contribution >= 4 is 27.7 Å². The van der Waals surface area contributed by atoms with Crippen molar-refractivity contribution in [2.45, 2.75) is 19.4 Å². The molecule has 17 heavy (non-hydrogen) atoms. The second-order valence-electron chi connectivity index (χ2n) is 4.15. The van der Waals surface area contributed by atoms with Gasteiger partial charge in [-0.25, -0.2) is 4.98 Å². The van der Waals surface area contributed by atoms with Gasteiger partial charge >= 0.3 is 0 Å². The number of ether oxygens (including phenoxy) is 1. The van der Waals surface area contributed by atoms with Crippen LogP contribution in [0.25, 0.3) is 0 Å². The van der Waals surface area contributed by atoms with E-state index in [-0.39, 0.29) is 11.8 Å². The highest BCUT2D eigenvalue weighted by molar-refractivity contribution is 9.10. The smallest absolute Gasteiger partial charge is 0.266 e. The molecule has 5 nitrogen and oxygen atoms in total. The van der Waals surface area contributed by atoms with Crippen LogP contribution in [0, 0.1) is 5.92 Å². The average molecular weight is 300 g/mol. The molecule has 2 unspecified atom stereocenters. The number of halogens is 1. The molecule has 2 atom stereocenters. The lowest BCUT2D eigenvalue weighted by Crippen LogP contribution is -2.39. The molecule has 0 fully saturated rings. The van der Waals surface area contributed by atoms with Crippen molar-refractivity contribution in [3.05, 3.63) is 16.7 Å². The van der Waals surface area contributed by atoms with Crippen LogP contribution < -0.4 is 15.8 Å². The zero-order chi connectivity index (χ0) is 12.4. The Morgan fingerprint density at radius 2 is 2.41 bits per heavy atom. The summed E-state index contributed by atoms with van der Waals surface area (Å²) in [5.41, 5.74) is 5.54. The van der Waals surface area contributed by atoms with E-state index in [1.807, 2.05) is 6.92 Å². The molecule has 1 aromatic rings. The maximum absolute atomic E-state index is 11.8. The first-order chi connectivity index (χ1) is 8.10. The van der Waals surface area contributed by atoms with Crippen LogP contribution in [0.15, 0.2) is 16.7 Å². The number of carbonyl (C=O) groups is 1. The summed E-state index contributed by atoms with van der Waals surface area (Å²) in [6.07, 6.45) is 0.127. The van der Waals surface area contributed by atoms with Crippen molar-refractivity contribution in [3.63, 3.8) is 0 Å². The fraction of sp³-hybridized carbons (Fsp3) is 0.455. The van der Waals surface area contributed by atoms with Gasteiger partial charge in [0.05, 0.1) is 0 Å². The number of hydrogen-bond donors (Lipinski definition) is 2. The van der Waals surface area contributed by atoms with Crippen molar-refractivity contribution in [2.75, 3.05) is 11.9 Å². The van der Waals surface area contributed by atoms with Crippen LogP contribution in [-0.4, -0.2) is 23.5 Å². The summed E-state index contributed by atoms with van der Waals surface area (Å²) in [5, 5.41) is 2.73. The summed E-state index contributed by atoms with van der Waals surface area (Å²) < 4.78 is 6.28. The second-order valence-corrected chi connectivity index (χ2v) is 4.97. The molecular weight excluding hydrogens is 286 g/mol. The van der Waals surface area contributed by atoms with Gasteiger partial charge in [-0.2, -0.15) is 0 Å². The summed E-state index contributed by atoms with van der Waals surface area (Å²) in [7, 11) is 0. The number of pyridine rings is 1. The van der Waals surface area contributed by atoms with E-state index in [0.717, 1.165) is 0 Å². The van der Waals surface area contributed by atoms with Gasteiger partial charge in [0.25, 0.3) is 5.91 Å². The van der Waals surface area contributed by atoms with Gasteiger partial charge in [-0.3, -0.25) is 4.79 Å². The lowest BCUT2D eigenvalue weighted by atomic mass is 10.0. The number of nitrogens with one attached hydrogen (secondary N) is 1. The minimum atomic E-state index is -0.482. The highest BCUT2D eigenvalue weighted by Gasteiger charge is 2.29. The lowest BCUT2D eigenvalue weighted by Gasteiger charge is -2.26. The maximum atomic E-state index is 11.8. The minimum absolute atomic E-state index is 0.164. The van der Waals surface area contributed by atoms with Crippen LogP contribution in [0.1, 0.15) is 13.3 Å². The molecule has 0 aromatic carbocycles. The standard InChI is InChI=1S/C11H14BrN3O2/c1-6(5-13)4-8-11(16)15-10-7(17-8)2-3-9(12)14-10/h2-3,6,8H,4-5,13H2,1H3,(H,14,15,16).